The van der Waals surface area contributed by atoms with Crippen LogP contribution >= 0.6 is 15.9 Å². The lowest BCUT2D eigenvalue weighted by atomic mass is 10.2. The Balaban J connectivity index is 1.80. The van der Waals surface area contributed by atoms with Gasteiger partial charge in [0.15, 0.2) is 0 Å². The summed E-state index contributed by atoms with van der Waals surface area (Å²) in [5.41, 5.74) is 1.93. The number of carbonyl (C=O) groups excluding carboxylic acids is 1. The molecule has 0 saturated carbocycles. The van der Waals surface area contributed by atoms with Gasteiger partial charge in [0.2, 0.25) is 5.91 Å². The molecule has 0 atom stereocenters. The number of nitrogens with zero attached hydrogens (tertiary/aromatic N) is 1. The molecule has 0 aliphatic carbocycles. The minimum Gasteiger partial charge on any atom is -0.338 e. The minimum absolute atomic E-state index is 0.182. The Morgan fingerprint density at radius 1 is 1.27 bits per heavy atom. The number of anilines is 1. The highest BCUT2D eigenvalue weighted by atomic mass is 79.9. The van der Waals surface area contributed by atoms with Crippen LogP contribution in [0.5, 0.6) is 0 Å². The second-order valence-electron chi connectivity index (χ2n) is 5.11. The molecule has 3 nitrogen and oxygen atoms in total. The molecule has 0 aliphatic rings. The highest BCUT2D eigenvalue weighted by molar-refractivity contribution is 9.10. The Kier molecular flexibility index (Phi) is 3.98. The molecule has 0 aliphatic heterocycles. The number of hydrogen-bond acceptors (Lipinski definition) is 1. The van der Waals surface area contributed by atoms with Crippen molar-refractivity contribution in [3.63, 3.8) is 0 Å². The fraction of sp³-hybridized carbons (Fsp3) is 0.118. The van der Waals surface area contributed by atoms with Crippen LogP contribution in [0.2, 0.25) is 0 Å². The van der Waals surface area contributed by atoms with Gasteiger partial charge < -0.3 is 9.88 Å². The molecular weight excluding hydrogens is 347 g/mol. The average Bonchev–Trinajstić information content (AvgIpc) is 2.86. The molecule has 1 N–H and O–H groups in total. The normalized spacial score (nSPS) is 10.9. The Hall–Kier alpha value is -2.14. The molecule has 1 heterocycles. The molecule has 3 aromatic rings. The molecule has 1 aromatic heterocycles. The fourth-order valence-corrected chi connectivity index (χ4v) is 2.78. The van der Waals surface area contributed by atoms with Gasteiger partial charge in [-0.2, -0.15) is 0 Å². The highest BCUT2D eigenvalue weighted by Gasteiger charge is 2.09. The lowest BCUT2D eigenvalue weighted by Gasteiger charge is -2.10. The van der Waals surface area contributed by atoms with Crippen molar-refractivity contribution in [2.24, 2.45) is 0 Å². The maximum atomic E-state index is 13.5. The van der Waals surface area contributed by atoms with Crippen molar-refractivity contribution in [3.05, 3.63) is 64.5 Å². The second-order valence-corrected chi connectivity index (χ2v) is 6.02. The van der Waals surface area contributed by atoms with Crippen LogP contribution in [0.3, 0.4) is 0 Å². The first-order chi connectivity index (χ1) is 10.5. The van der Waals surface area contributed by atoms with Crippen molar-refractivity contribution in [2.75, 3.05) is 5.32 Å². The van der Waals surface area contributed by atoms with E-state index in [1.165, 1.54) is 6.07 Å². The van der Waals surface area contributed by atoms with Gasteiger partial charge >= 0.3 is 0 Å². The van der Waals surface area contributed by atoms with Crippen molar-refractivity contribution in [2.45, 2.75) is 13.5 Å². The van der Waals surface area contributed by atoms with Gasteiger partial charge in [-0.1, -0.05) is 22.0 Å². The summed E-state index contributed by atoms with van der Waals surface area (Å²) >= 11 is 3.43. The van der Waals surface area contributed by atoms with Crippen LogP contribution < -0.4 is 5.32 Å². The quantitative estimate of drug-likeness (QED) is 0.733. The summed E-state index contributed by atoms with van der Waals surface area (Å²) in [5, 5.41) is 3.82. The van der Waals surface area contributed by atoms with E-state index in [4.69, 9.17) is 0 Å². The number of fused-ring (bicyclic) bond motifs is 1. The number of rotatable bonds is 3. The lowest BCUT2D eigenvalue weighted by Crippen LogP contribution is -2.19. The number of hydrogen-bond donors (Lipinski definition) is 1. The Morgan fingerprint density at radius 3 is 2.91 bits per heavy atom. The molecular formula is C17H14BrFN2O. The van der Waals surface area contributed by atoms with Gasteiger partial charge in [0.25, 0.3) is 0 Å². The van der Waals surface area contributed by atoms with Gasteiger partial charge in [0, 0.05) is 32.8 Å². The van der Waals surface area contributed by atoms with Crippen LogP contribution in [0.15, 0.2) is 53.1 Å². The lowest BCUT2D eigenvalue weighted by molar-refractivity contribution is -0.116. The third-order valence-corrected chi connectivity index (χ3v) is 4.08. The number of halogens is 2. The topological polar surface area (TPSA) is 34.0 Å². The van der Waals surface area contributed by atoms with Crippen LogP contribution in [-0.2, 0) is 11.3 Å². The van der Waals surface area contributed by atoms with Crippen LogP contribution in [0.25, 0.3) is 10.9 Å². The molecule has 112 valence electrons. The second kappa shape index (κ2) is 5.93. The molecule has 0 fully saturated rings. The van der Waals surface area contributed by atoms with E-state index >= 15 is 0 Å². The number of nitrogens with one attached hydrogen (secondary N) is 1. The van der Waals surface area contributed by atoms with Gasteiger partial charge in [-0.05, 0) is 43.3 Å². The first-order valence-electron chi connectivity index (χ1n) is 6.84. The monoisotopic (exact) mass is 360 g/mol. The predicted molar refractivity (Wildman–Crippen MR) is 89.4 cm³/mol. The maximum Gasteiger partial charge on any atom is 0.244 e. The molecule has 0 saturated heterocycles. The summed E-state index contributed by atoms with van der Waals surface area (Å²) in [6.07, 6.45) is 1.87. The molecule has 0 radical (unpaired) electrons. The third kappa shape index (κ3) is 2.90. The van der Waals surface area contributed by atoms with E-state index in [0.29, 0.717) is 11.3 Å². The van der Waals surface area contributed by atoms with E-state index in [0.717, 1.165) is 15.4 Å². The maximum absolute atomic E-state index is 13.5. The molecule has 5 heteroatoms. The summed E-state index contributed by atoms with van der Waals surface area (Å²) in [6.45, 7) is 1.83. The van der Waals surface area contributed by atoms with Gasteiger partial charge in [-0.3, -0.25) is 4.79 Å². The first-order valence-corrected chi connectivity index (χ1v) is 7.63. The number of aromatic nitrogens is 1. The minimum atomic E-state index is -0.325. The summed E-state index contributed by atoms with van der Waals surface area (Å²) in [7, 11) is 0. The Bertz CT molecular complexity index is 857. The predicted octanol–water partition coefficient (Wildman–Crippen LogP) is 4.49. The van der Waals surface area contributed by atoms with Crippen molar-refractivity contribution >= 4 is 38.4 Å². The van der Waals surface area contributed by atoms with Gasteiger partial charge in [-0.25, -0.2) is 4.39 Å². The summed E-state index contributed by atoms with van der Waals surface area (Å²) in [6, 6.07) is 12.5. The molecule has 2 aromatic carbocycles. The zero-order valence-corrected chi connectivity index (χ0v) is 13.5. The third-order valence-electron chi connectivity index (χ3n) is 3.59. The van der Waals surface area contributed by atoms with Crippen molar-refractivity contribution in [1.82, 2.24) is 4.57 Å². The smallest absolute Gasteiger partial charge is 0.244 e. The van der Waals surface area contributed by atoms with Crippen LogP contribution in [0.1, 0.15) is 5.56 Å². The standard InChI is InChI=1S/C17H14BrFN2O/c1-11-14(19)3-2-4-15(11)20-17(22)10-21-8-7-12-9-13(18)5-6-16(12)21/h2-9H,10H2,1H3,(H,20,22). The van der Waals surface area contributed by atoms with Crippen LogP contribution in [-0.4, -0.2) is 10.5 Å². The van der Waals surface area contributed by atoms with E-state index in [1.54, 1.807) is 19.1 Å². The Morgan fingerprint density at radius 2 is 2.09 bits per heavy atom. The molecule has 1 amide bonds. The van der Waals surface area contributed by atoms with E-state index in [2.05, 4.69) is 21.2 Å². The van der Waals surface area contributed by atoms with Gasteiger partial charge in [0.05, 0.1) is 0 Å². The molecule has 0 unspecified atom stereocenters. The van der Waals surface area contributed by atoms with Crippen molar-refractivity contribution in [1.29, 1.82) is 0 Å². The number of carbonyl (C=O) groups is 1. The molecule has 22 heavy (non-hydrogen) atoms. The van der Waals surface area contributed by atoms with Crippen LogP contribution in [0.4, 0.5) is 10.1 Å². The van der Waals surface area contributed by atoms with E-state index in [-0.39, 0.29) is 18.3 Å². The van der Waals surface area contributed by atoms with Crippen molar-refractivity contribution < 1.29 is 9.18 Å². The SMILES string of the molecule is Cc1c(F)cccc1NC(=O)Cn1ccc2cc(Br)ccc21. The fourth-order valence-electron chi connectivity index (χ4n) is 2.40. The molecule has 0 bridgehead atoms. The molecule has 3 rings (SSSR count). The number of amides is 1. The van der Waals surface area contributed by atoms with Gasteiger partial charge in [0.1, 0.15) is 12.4 Å². The van der Waals surface area contributed by atoms with Crippen molar-refractivity contribution in [3.8, 4) is 0 Å². The first kappa shape index (κ1) is 14.8. The van der Waals surface area contributed by atoms with Gasteiger partial charge in [-0.15, -0.1) is 0 Å². The summed E-state index contributed by atoms with van der Waals surface area (Å²) in [4.78, 5) is 12.2. The number of benzene rings is 2. The zero-order chi connectivity index (χ0) is 15.7. The zero-order valence-electron chi connectivity index (χ0n) is 11.9. The van der Waals surface area contributed by atoms with E-state index in [1.807, 2.05) is 35.0 Å². The summed E-state index contributed by atoms with van der Waals surface area (Å²) in [5.74, 6) is -0.511. The molecule has 0 spiro atoms. The average molecular weight is 361 g/mol. The van der Waals surface area contributed by atoms with Crippen LogP contribution in [0, 0.1) is 12.7 Å². The van der Waals surface area contributed by atoms with E-state index in [9.17, 15) is 9.18 Å². The Labute approximate surface area is 135 Å². The largest absolute Gasteiger partial charge is 0.338 e. The highest BCUT2D eigenvalue weighted by Crippen LogP contribution is 2.21. The van der Waals surface area contributed by atoms with E-state index < -0.39 is 0 Å². The summed E-state index contributed by atoms with van der Waals surface area (Å²) < 4.78 is 16.4.